The summed E-state index contributed by atoms with van der Waals surface area (Å²) in [7, 11) is -4.13. The molecule has 0 aliphatic carbocycles. The fraction of sp³-hybridized carbons (Fsp3) is 1.00. The van der Waals surface area contributed by atoms with Crippen molar-refractivity contribution in [2.75, 3.05) is 0 Å². The third-order valence-corrected chi connectivity index (χ3v) is 5.01. The minimum absolute atomic E-state index is 0. The Morgan fingerprint density at radius 1 is 0.857 bits per heavy atom. The average Bonchev–Trinajstić information content (AvgIpc) is 2.37. The van der Waals surface area contributed by atoms with E-state index in [9.17, 15) is 18.1 Å². The maximum Gasteiger partial charge on any atom is 1.00 e. The van der Waals surface area contributed by atoms with Crippen LogP contribution in [0.25, 0.3) is 0 Å². The third kappa shape index (κ3) is 14.8. The molecule has 21 heavy (non-hydrogen) atoms. The van der Waals surface area contributed by atoms with Gasteiger partial charge < -0.3 is 9.66 Å². The van der Waals surface area contributed by atoms with Gasteiger partial charge in [-0.25, -0.2) is 8.42 Å². The first-order valence-corrected chi connectivity index (χ1v) is 9.51. The normalized spacial score (nSPS) is 14.5. The standard InChI is InChI=1S/C15H32O4S.K/c1-3-5-11-14(16)12-8-6-7-9-13-15(10-4-2)20(17,18)19;/h14-16H,3-13H2,1-2H3,(H,17,18,19);/q;+1/p-1. The second-order valence-electron chi connectivity index (χ2n) is 5.69. The van der Waals surface area contributed by atoms with Crippen molar-refractivity contribution in [2.45, 2.75) is 95.8 Å². The van der Waals surface area contributed by atoms with Crippen molar-refractivity contribution < 1.29 is 69.5 Å². The summed E-state index contributed by atoms with van der Waals surface area (Å²) in [5.41, 5.74) is 0. The van der Waals surface area contributed by atoms with E-state index in [2.05, 4.69) is 6.92 Å². The summed E-state index contributed by atoms with van der Waals surface area (Å²) in [5.74, 6) is 0. The molecule has 0 aliphatic heterocycles. The van der Waals surface area contributed by atoms with E-state index in [4.69, 9.17) is 0 Å². The van der Waals surface area contributed by atoms with Gasteiger partial charge in [-0.15, -0.1) is 0 Å². The quantitative estimate of drug-likeness (QED) is 0.301. The van der Waals surface area contributed by atoms with Crippen LogP contribution < -0.4 is 51.4 Å². The molecular formula is C15H31KO4S. The molecule has 0 bridgehead atoms. The molecule has 0 fully saturated rings. The van der Waals surface area contributed by atoms with Gasteiger partial charge in [0.05, 0.1) is 16.2 Å². The van der Waals surface area contributed by atoms with Crippen LogP contribution in [-0.2, 0) is 10.1 Å². The predicted octanol–water partition coefficient (Wildman–Crippen LogP) is 0.596. The molecule has 0 aromatic heterocycles. The fourth-order valence-corrected chi connectivity index (χ4v) is 3.42. The molecule has 0 rings (SSSR count). The maximum atomic E-state index is 11.0. The molecule has 0 radical (unpaired) electrons. The number of unbranched alkanes of at least 4 members (excludes halogenated alkanes) is 4. The SMILES string of the molecule is CCCCC(O)CCCCCCC(CCC)S(=O)(=O)[O-].[K+]. The summed E-state index contributed by atoms with van der Waals surface area (Å²) in [6, 6.07) is 0. The van der Waals surface area contributed by atoms with E-state index >= 15 is 0 Å². The van der Waals surface area contributed by atoms with Crippen molar-refractivity contribution in [3.63, 3.8) is 0 Å². The van der Waals surface area contributed by atoms with Crippen molar-refractivity contribution in [1.82, 2.24) is 0 Å². The minimum Gasteiger partial charge on any atom is -0.748 e. The zero-order valence-electron chi connectivity index (χ0n) is 14.0. The molecule has 0 amide bonds. The molecule has 122 valence electrons. The van der Waals surface area contributed by atoms with Gasteiger partial charge in [-0.1, -0.05) is 58.8 Å². The van der Waals surface area contributed by atoms with E-state index < -0.39 is 15.4 Å². The van der Waals surface area contributed by atoms with Gasteiger partial charge in [-0.05, 0) is 25.7 Å². The number of aliphatic hydroxyl groups is 1. The largest absolute Gasteiger partial charge is 1.00 e. The zero-order valence-corrected chi connectivity index (χ0v) is 18.0. The molecule has 0 aromatic rings. The molecule has 2 unspecified atom stereocenters. The van der Waals surface area contributed by atoms with Crippen molar-refractivity contribution in [3.8, 4) is 0 Å². The summed E-state index contributed by atoms with van der Waals surface area (Å²) < 4.78 is 33.1. The van der Waals surface area contributed by atoms with Gasteiger partial charge in [0, 0.05) is 5.25 Å². The molecule has 0 saturated carbocycles. The number of hydrogen-bond acceptors (Lipinski definition) is 4. The van der Waals surface area contributed by atoms with E-state index in [1.807, 2.05) is 6.92 Å². The van der Waals surface area contributed by atoms with E-state index in [0.717, 1.165) is 57.8 Å². The Hall–Kier alpha value is 1.51. The van der Waals surface area contributed by atoms with Crippen molar-refractivity contribution in [3.05, 3.63) is 0 Å². The molecule has 6 heteroatoms. The summed E-state index contributed by atoms with van der Waals surface area (Å²) in [6.07, 6.45) is 9.10. The van der Waals surface area contributed by atoms with E-state index in [-0.39, 0.29) is 57.5 Å². The van der Waals surface area contributed by atoms with Gasteiger partial charge in [0.25, 0.3) is 0 Å². The van der Waals surface area contributed by atoms with Crippen LogP contribution in [-0.4, -0.2) is 29.4 Å². The summed E-state index contributed by atoms with van der Waals surface area (Å²) in [5, 5.41) is 8.98. The molecule has 0 aliphatic rings. The van der Waals surface area contributed by atoms with Gasteiger partial charge >= 0.3 is 51.4 Å². The Kier molecular flexibility index (Phi) is 17.8. The second-order valence-corrected chi connectivity index (χ2v) is 7.34. The number of rotatable bonds is 13. The minimum atomic E-state index is -4.13. The van der Waals surface area contributed by atoms with Crippen LogP contribution in [0.15, 0.2) is 0 Å². The molecule has 2 atom stereocenters. The topological polar surface area (TPSA) is 77.4 Å². The van der Waals surface area contributed by atoms with E-state index in [1.165, 1.54) is 0 Å². The van der Waals surface area contributed by atoms with Crippen LogP contribution in [0.4, 0.5) is 0 Å². The number of aliphatic hydroxyl groups excluding tert-OH is 1. The first-order valence-electron chi connectivity index (χ1n) is 8.04. The van der Waals surface area contributed by atoms with Crippen LogP contribution in [0.3, 0.4) is 0 Å². The van der Waals surface area contributed by atoms with Gasteiger partial charge in [0.1, 0.15) is 0 Å². The molecule has 0 spiro atoms. The Bertz CT molecular complexity index is 320. The maximum absolute atomic E-state index is 11.0. The Labute approximate surface area is 173 Å². The molecule has 0 aromatic carbocycles. The first-order chi connectivity index (χ1) is 9.41. The van der Waals surface area contributed by atoms with Crippen molar-refractivity contribution in [1.29, 1.82) is 0 Å². The molecule has 4 nitrogen and oxygen atoms in total. The van der Waals surface area contributed by atoms with Gasteiger partial charge in [-0.2, -0.15) is 0 Å². The molecule has 0 saturated heterocycles. The van der Waals surface area contributed by atoms with Gasteiger partial charge in [0.2, 0.25) is 0 Å². The smallest absolute Gasteiger partial charge is 0.748 e. The summed E-state index contributed by atoms with van der Waals surface area (Å²) in [4.78, 5) is 0. The third-order valence-electron chi connectivity index (χ3n) is 3.72. The van der Waals surface area contributed by atoms with Gasteiger partial charge in [0.15, 0.2) is 0 Å². The summed E-state index contributed by atoms with van der Waals surface area (Å²) in [6.45, 7) is 4.01. The first kappa shape index (κ1) is 24.8. The van der Waals surface area contributed by atoms with E-state index in [1.54, 1.807) is 0 Å². The summed E-state index contributed by atoms with van der Waals surface area (Å²) >= 11 is 0. The van der Waals surface area contributed by atoms with Crippen molar-refractivity contribution >= 4 is 10.1 Å². The average molecular weight is 347 g/mol. The van der Waals surface area contributed by atoms with Crippen LogP contribution in [0.2, 0.25) is 0 Å². The van der Waals surface area contributed by atoms with Crippen molar-refractivity contribution in [2.24, 2.45) is 0 Å². The van der Waals surface area contributed by atoms with Crippen LogP contribution >= 0.6 is 0 Å². The van der Waals surface area contributed by atoms with Crippen LogP contribution in [0, 0.1) is 0 Å². The Balaban J connectivity index is 0. The second kappa shape index (κ2) is 15.1. The number of hydrogen-bond donors (Lipinski definition) is 1. The Morgan fingerprint density at radius 2 is 1.38 bits per heavy atom. The molecule has 0 heterocycles. The monoisotopic (exact) mass is 346 g/mol. The molecule has 1 N–H and O–H groups in total. The van der Waals surface area contributed by atoms with Crippen LogP contribution in [0.5, 0.6) is 0 Å². The predicted molar refractivity (Wildman–Crippen MR) is 81.6 cm³/mol. The Morgan fingerprint density at radius 3 is 1.86 bits per heavy atom. The van der Waals surface area contributed by atoms with E-state index in [0.29, 0.717) is 12.8 Å². The molecular weight excluding hydrogens is 315 g/mol. The fourth-order valence-electron chi connectivity index (χ4n) is 2.44. The van der Waals surface area contributed by atoms with Gasteiger partial charge in [-0.3, -0.25) is 0 Å². The zero-order chi connectivity index (χ0) is 15.4. The van der Waals surface area contributed by atoms with Crippen LogP contribution in [0.1, 0.15) is 84.5 Å².